The van der Waals surface area contributed by atoms with Crippen LogP contribution in [0.1, 0.15) is 31.0 Å². The van der Waals surface area contributed by atoms with Gasteiger partial charge in [0.15, 0.2) is 0 Å². The lowest BCUT2D eigenvalue weighted by Gasteiger charge is -2.27. The molecule has 0 saturated heterocycles. The number of nitrogens with one attached hydrogen (secondary N) is 1. The van der Waals surface area contributed by atoms with Crippen molar-refractivity contribution in [3.63, 3.8) is 0 Å². The van der Waals surface area contributed by atoms with Crippen molar-refractivity contribution in [2.45, 2.75) is 32.7 Å². The van der Waals surface area contributed by atoms with E-state index in [1.54, 1.807) is 11.3 Å². The summed E-state index contributed by atoms with van der Waals surface area (Å²) in [7, 11) is 0. The zero-order valence-corrected chi connectivity index (χ0v) is 12.6. The molecule has 0 fully saturated rings. The summed E-state index contributed by atoms with van der Waals surface area (Å²) < 4.78 is 0. The quantitative estimate of drug-likeness (QED) is 0.893. The maximum atomic E-state index is 11.3. The minimum Gasteiger partial charge on any atom is -0.343 e. The van der Waals surface area contributed by atoms with E-state index in [2.05, 4.69) is 10.3 Å². The van der Waals surface area contributed by atoms with E-state index in [4.69, 9.17) is 5.73 Å². The summed E-state index contributed by atoms with van der Waals surface area (Å²) >= 11 is 1.57. The van der Waals surface area contributed by atoms with Crippen LogP contribution in [0.4, 0.5) is 0 Å². The van der Waals surface area contributed by atoms with Gasteiger partial charge in [0.2, 0.25) is 5.91 Å². The number of carbonyl (C=O) groups is 1. The van der Waals surface area contributed by atoms with Gasteiger partial charge >= 0.3 is 0 Å². The molecule has 0 aliphatic carbocycles. The van der Waals surface area contributed by atoms with Gasteiger partial charge in [-0.3, -0.25) is 4.79 Å². The zero-order valence-electron chi connectivity index (χ0n) is 10.1. The highest BCUT2D eigenvalue weighted by molar-refractivity contribution is 7.09. The molecule has 0 saturated carbocycles. The first-order valence-corrected chi connectivity index (χ1v) is 5.83. The number of carbonyl (C=O) groups excluding carboxylic acids is 1. The van der Waals surface area contributed by atoms with Gasteiger partial charge in [-0.25, -0.2) is 4.98 Å². The Bertz CT molecular complexity index is 359. The monoisotopic (exact) mass is 299 g/mol. The van der Waals surface area contributed by atoms with E-state index in [-0.39, 0.29) is 37.3 Å². The van der Waals surface area contributed by atoms with Crippen molar-refractivity contribution in [1.29, 1.82) is 0 Å². The number of halogens is 2. The van der Waals surface area contributed by atoms with E-state index in [9.17, 15) is 4.79 Å². The van der Waals surface area contributed by atoms with E-state index in [1.807, 2.05) is 26.2 Å². The van der Waals surface area contributed by atoms with Gasteiger partial charge in [-0.2, -0.15) is 0 Å². The third-order valence-electron chi connectivity index (χ3n) is 2.40. The van der Waals surface area contributed by atoms with Gasteiger partial charge in [0.1, 0.15) is 5.01 Å². The molecule has 3 N–H and O–H groups in total. The van der Waals surface area contributed by atoms with Crippen LogP contribution in [-0.2, 0) is 10.3 Å². The molecule has 1 rings (SSSR count). The first-order valence-electron chi connectivity index (χ1n) is 4.95. The fourth-order valence-electron chi connectivity index (χ4n) is 1.26. The summed E-state index contributed by atoms with van der Waals surface area (Å²) in [5, 5.41) is 5.82. The number of nitrogens with zero attached hydrogens (tertiary/aromatic N) is 1. The van der Waals surface area contributed by atoms with Gasteiger partial charge in [0, 0.05) is 11.1 Å². The van der Waals surface area contributed by atoms with Gasteiger partial charge in [0.05, 0.1) is 12.1 Å². The molecule has 1 amide bonds. The van der Waals surface area contributed by atoms with Crippen LogP contribution < -0.4 is 11.1 Å². The lowest BCUT2D eigenvalue weighted by atomic mass is 10.00. The largest absolute Gasteiger partial charge is 0.343 e. The second-order valence-electron chi connectivity index (χ2n) is 3.73. The molecule has 4 nitrogen and oxygen atoms in total. The normalized spacial score (nSPS) is 12.9. The Kier molecular flexibility index (Phi) is 8.79. The predicted octanol–water partition coefficient (Wildman–Crippen LogP) is 2.00. The summed E-state index contributed by atoms with van der Waals surface area (Å²) in [5.74, 6) is -0.146. The van der Waals surface area contributed by atoms with E-state index in [1.165, 1.54) is 0 Å². The van der Waals surface area contributed by atoms with Crippen molar-refractivity contribution >= 4 is 42.1 Å². The van der Waals surface area contributed by atoms with Gasteiger partial charge in [-0.1, -0.05) is 6.92 Å². The summed E-state index contributed by atoms with van der Waals surface area (Å²) in [5.41, 5.74) is 5.88. The Morgan fingerprint density at radius 1 is 1.59 bits per heavy atom. The molecule has 1 unspecified atom stereocenters. The number of thiazole rings is 1. The Morgan fingerprint density at radius 3 is 2.53 bits per heavy atom. The fraction of sp³-hybridized carbons (Fsp3) is 0.600. The molecule has 0 aliphatic heterocycles. The molecule has 0 radical (unpaired) electrons. The first kappa shape index (κ1) is 19.0. The Balaban J connectivity index is 0. The highest BCUT2D eigenvalue weighted by Crippen LogP contribution is 2.27. The topological polar surface area (TPSA) is 68.0 Å². The number of hydrogen-bond donors (Lipinski definition) is 2. The van der Waals surface area contributed by atoms with Crippen LogP contribution in [0.15, 0.2) is 5.38 Å². The molecule has 1 heterocycles. The molecule has 0 spiro atoms. The molecule has 1 aromatic rings. The van der Waals surface area contributed by atoms with Crippen molar-refractivity contribution in [2.75, 3.05) is 6.54 Å². The molecule has 1 atom stereocenters. The van der Waals surface area contributed by atoms with Crippen molar-refractivity contribution in [1.82, 2.24) is 10.3 Å². The third-order valence-corrected chi connectivity index (χ3v) is 3.62. The maximum absolute atomic E-state index is 11.3. The summed E-state index contributed by atoms with van der Waals surface area (Å²) in [6.07, 6.45) is 0.797. The Hall–Kier alpha value is -0.360. The molecule has 0 aliphatic rings. The molecule has 0 aromatic carbocycles. The Morgan fingerprint density at radius 2 is 2.18 bits per heavy atom. The van der Waals surface area contributed by atoms with Crippen LogP contribution >= 0.6 is 36.2 Å². The summed E-state index contributed by atoms with van der Waals surface area (Å²) in [4.78, 5) is 15.7. The molecular formula is C10H19Cl2N3OS. The van der Waals surface area contributed by atoms with Crippen molar-refractivity contribution in [3.05, 3.63) is 16.1 Å². The SMILES string of the molecule is CCC(C)(NC(=O)CN)c1nc(C)cs1.Cl.Cl. The van der Waals surface area contributed by atoms with Crippen molar-refractivity contribution in [3.8, 4) is 0 Å². The van der Waals surface area contributed by atoms with Crippen LogP contribution in [0.3, 0.4) is 0 Å². The first-order chi connectivity index (χ1) is 7.01. The predicted molar refractivity (Wildman–Crippen MR) is 76.2 cm³/mol. The van der Waals surface area contributed by atoms with E-state index < -0.39 is 5.54 Å². The second kappa shape index (κ2) is 7.87. The minimum absolute atomic E-state index is 0. The van der Waals surface area contributed by atoms with E-state index in [0.717, 1.165) is 17.1 Å². The van der Waals surface area contributed by atoms with Gasteiger partial charge in [-0.05, 0) is 20.3 Å². The maximum Gasteiger partial charge on any atom is 0.234 e. The number of amides is 1. The minimum atomic E-state index is -0.393. The standard InChI is InChI=1S/C10H17N3OS.2ClH/c1-4-10(3,13-8(14)5-11)9-12-7(2)6-15-9;;/h6H,4-5,11H2,1-3H3,(H,13,14);2*1H. The molecule has 17 heavy (non-hydrogen) atoms. The molecule has 7 heteroatoms. The van der Waals surface area contributed by atoms with Crippen LogP contribution in [0.5, 0.6) is 0 Å². The number of nitrogens with two attached hydrogens (primary N) is 1. The second-order valence-corrected chi connectivity index (χ2v) is 4.59. The number of aromatic nitrogens is 1. The molecule has 100 valence electrons. The van der Waals surface area contributed by atoms with Crippen molar-refractivity contribution in [2.24, 2.45) is 5.73 Å². The lowest BCUT2D eigenvalue weighted by Crippen LogP contribution is -2.45. The van der Waals surface area contributed by atoms with Crippen LogP contribution in [0.2, 0.25) is 0 Å². The number of aryl methyl sites for hydroxylation is 1. The van der Waals surface area contributed by atoms with E-state index in [0.29, 0.717) is 0 Å². The highest BCUT2D eigenvalue weighted by Gasteiger charge is 2.29. The molecule has 0 bridgehead atoms. The van der Waals surface area contributed by atoms with Gasteiger partial charge in [-0.15, -0.1) is 36.2 Å². The van der Waals surface area contributed by atoms with Crippen LogP contribution in [-0.4, -0.2) is 17.4 Å². The average Bonchev–Trinajstić information content (AvgIpc) is 2.65. The average molecular weight is 300 g/mol. The fourth-order valence-corrected chi connectivity index (χ4v) is 2.25. The van der Waals surface area contributed by atoms with Crippen molar-refractivity contribution < 1.29 is 4.79 Å². The van der Waals surface area contributed by atoms with Gasteiger partial charge < -0.3 is 11.1 Å². The summed E-state index contributed by atoms with van der Waals surface area (Å²) in [6, 6.07) is 0. The van der Waals surface area contributed by atoms with Gasteiger partial charge in [0.25, 0.3) is 0 Å². The highest BCUT2D eigenvalue weighted by atomic mass is 35.5. The summed E-state index contributed by atoms with van der Waals surface area (Å²) in [6.45, 7) is 5.95. The Labute approximate surface area is 118 Å². The van der Waals surface area contributed by atoms with Crippen LogP contribution in [0.25, 0.3) is 0 Å². The molecular weight excluding hydrogens is 281 g/mol. The van der Waals surface area contributed by atoms with E-state index >= 15 is 0 Å². The lowest BCUT2D eigenvalue weighted by molar-refractivity contribution is -0.121. The number of hydrogen-bond acceptors (Lipinski definition) is 4. The smallest absolute Gasteiger partial charge is 0.234 e. The van der Waals surface area contributed by atoms with Crippen LogP contribution in [0, 0.1) is 6.92 Å². The third kappa shape index (κ3) is 4.79. The number of rotatable bonds is 4. The zero-order chi connectivity index (χ0) is 11.5. The molecule has 1 aromatic heterocycles.